The summed E-state index contributed by atoms with van der Waals surface area (Å²) in [6.07, 6.45) is 4.11. The minimum atomic E-state index is 0.0522. The number of rotatable bonds is 2. The second-order valence-corrected chi connectivity index (χ2v) is 7.18. The monoisotopic (exact) mass is 349 g/mol. The molecule has 0 radical (unpaired) electrons. The van der Waals surface area contributed by atoms with Crippen LogP contribution in [0.25, 0.3) is 0 Å². The van der Waals surface area contributed by atoms with Crippen molar-refractivity contribution >= 4 is 11.6 Å². The smallest absolute Gasteiger partial charge is 0.142 e. The molecule has 1 atom stereocenters. The fourth-order valence-electron chi connectivity index (χ4n) is 4.04. The molecule has 2 aliphatic heterocycles. The number of pyridine rings is 2. The predicted molar refractivity (Wildman–Crippen MR) is 100 cm³/mol. The highest BCUT2D eigenvalue weighted by Crippen LogP contribution is 2.35. The van der Waals surface area contributed by atoms with E-state index in [1.807, 2.05) is 30.5 Å². The number of ether oxygens (including phenoxy) is 1. The van der Waals surface area contributed by atoms with Gasteiger partial charge in [0, 0.05) is 37.8 Å². The second kappa shape index (κ2) is 7.30. The molecule has 4 heterocycles. The van der Waals surface area contributed by atoms with Gasteiger partial charge in [-0.15, -0.1) is 0 Å². The Hall–Kier alpha value is -2.65. The molecular weight excluding hydrogens is 326 g/mol. The zero-order valence-electron chi connectivity index (χ0n) is 14.8. The van der Waals surface area contributed by atoms with Crippen molar-refractivity contribution in [2.24, 2.45) is 5.41 Å². The van der Waals surface area contributed by atoms with Crippen LogP contribution in [0.5, 0.6) is 0 Å². The molecule has 4 rings (SSSR count). The first-order valence-corrected chi connectivity index (χ1v) is 9.14. The largest absolute Gasteiger partial charge is 0.379 e. The van der Waals surface area contributed by atoms with Crippen molar-refractivity contribution in [3.8, 4) is 6.07 Å². The van der Waals surface area contributed by atoms with E-state index in [0.717, 1.165) is 57.3 Å². The van der Waals surface area contributed by atoms with Gasteiger partial charge in [0.05, 0.1) is 13.2 Å². The molecule has 2 aromatic heterocycles. The Kier molecular flexibility index (Phi) is 4.72. The van der Waals surface area contributed by atoms with E-state index in [4.69, 9.17) is 10.00 Å². The van der Waals surface area contributed by atoms with Crippen molar-refractivity contribution in [3.63, 3.8) is 0 Å². The Bertz CT molecular complexity index is 790. The summed E-state index contributed by atoms with van der Waals surface area (Å²) in [7, 11) is 0. The molecule has 26 heavy (non-hydrogen) atoms. The molecule has 0 N–H and O–H groups in total. The number of hydrogen-bond donors (Lipinski definition) is 0. The van der Waals surface area contributed by atoms with E-state index in [1.54, 1.807) is 6.07 Å². The third kappa shape index (κ3) is 3.49. The maximum absolute atomic E-state index is 9.15. The lowest BCUT2D eigenvalue weighted by molar-refractivity contribution is 0.0597. The van der Waals surface area contributed by atoms with Crippen molar-refractivity contribution in [1.29, 1.82) is 5.26 Å². The van der Waals surface area contributed by atoms with Gasteiger partial charge in [0.25, 0.3) is 0 Å². The number of hydrogen-bond acceptors (Lipinski definition) is 6. The highest BCUT2D eigenvalue weighted by atomic mass is 16.5. The SMILES string of the molecule is N#Cc1cccc(N2CCOC[C@@]3(CCCN(c4ccccn4)C3)C2)n1. The van der Waals surface area contributed by atoms with Crippen LogP contribution in [-0.2, 0) is 4.74 Å². The lowest BCUT2D eigenvalue weighted by Crippen LogP contribution is -2.51. The predicted octanol–water partition coefficient (Wildman–Crippen LogP) is 2.47. The van der Waals surface area contributed by atoms with Gasteiger partial charge in [0.15, 0.2) is 0 Å². The van der Waals surface area contributed by atoms with Crippen LogP contribution < -0.4 is 9.80 Å². The van der Waals surface area contributed by atoms with Crippen LogP contribution in [0.4, 0.5) is 11.6 Å². The van der Waals surface area contributed by atoms with Crippen molar-refractivity contribution in [3.05, 3.63) is 48.3 Å². The zero-order valence-corrected chi connectivity index (χ0v) is 14.8. The first-order chi connectivity index (χ1) is 12.8. The second-order valence-electron chi connectivity index (χ2n) is 7.18. The summed E-state index contributed by atoms with van der Waals surface area (Å²) in [5, 5.41) is 9.15. The number of piperidine rings is 1. The molecule has 2 aliphatic rings. The Balaban J connectivity index is 1.57. The summed E-state index contributed by atoms with van der Waals surface area (Å²) in [6, 6.07) is 13.8. The van der Waals surface area contributed by atoms with Gasteiger partial charge in [-0.1, -0.05) is 12.1 Å². The van der Waals surface area contributed by atoms with Gasteiger partial charge in [-0.2, -0.15) is 5.26 Å². The standard InChI is InChI=1S/C20H23N5O/c21-13-17-5-3-7-19(23-17)25-11-12-26-16-20(15-25)8-4-10-24(14-20)18-6-1-2-9-22-18/h1-3,5-7,9H,4,8,10-12,14-16H2/t20-/m1/s1. The van der Waals surface area contributed by atoms with Gasteiger partial charge in [-0.3, -0.25) is 0 Å². The minimum absolute atomic E-state index is 0.0522. The summed E-state index contributed by atoms with van der Waals surface area (Å²) in [6.45, 7) is 5.08. The molecule has 0 amide bonds. The van der Waals surface area contributed by atoms with Gasteiger partial charge in [-0.25, -0.2) is 9.97 Å². The molecule has 134 valence electrons. The molecule has 0 bridgehead atoms. The molecule has 1 spiro atoms. The van der Waals surface area contributed by atoms with Gasteiger partial charge in [-0.05, 0) is 37.1 Å². The highest BCUT2D eigenvalue weighted by Gasteiger charge is 2.39. The topological polar surface area (TPSA) is 65.3 Å². The Labute approximate surface area is 154 Å². The van der Waals surface area contributed by atoms with Gasteiger partial charge in [0.1, 0.15) is 23.4 Å². The number of nitrogens with zero attached hydrogens (tertiary/aromatic N) is 5. The Morgan fingerprint density at radius 1 is 1.04 bits per heavy atom. The van der Waals surface area contributed by atoms with Gasteiger partial charge >= 0.3 is 0 Å². The van der Waals surface area contributed by atoms with Crippen molar-refractivity contribution in [2.75, 3.05) is 49.2 Å². The van der Waals surface area contributed by atoms with Gasteiger partial charge in [0.2, 0.25) is 0 Å². The van der Waals surface area contributed by atoms with Crippen molar-refractivity contribution < 1.29 is 4.74 Å². The van der Waals surface area contributed by atoms with Gasteiger partial charge < -0.3 is 14.5 Å². The molecule has 2 fully saturated rings. The summed E-state index contributed by atoms with van der Waals surface area (Å²) in [4.78, 5) is 13.7. The molecule has 0 saturated carbocycles. The van der Waals surface area contributed by atoms with E-state index in [-0.39, 0.29) is 5.41 Å². The van der Waals surface area contributed by atoms with Crippen LogP contribution in [-0.4, -0.2) is 49.4 Å². The fraction of sp³-hybridized carbons (Fsp3) is 0.450. The number of aromatic nitrogens is 2. The van der Waals surface area contributed by atoms with E-state index in [1.165, 1.54) is 0 Å². The van der Waals surface area contributed by atoms with E-state index in [9.17, 15) is 0 Å². The summed E-state index contributed by atoms with van der Waals surface area (Å²) >= 11 is 0. The normalized spacial score (nSPS) is 23.5. The quantitative estimate of drug-likeness (QED) is 0.830. The van der Waals surface area contributed by atoms with Crippen LogP contribution in [0.2, 0.25) is 0 Å². The summed E-state index contributed by atoms with van der Waals surface area (Å²) in [5.41, 5.74) is 0.511. The molecule has 6 heteroatoms. The number of nitriles is 1. The summed E-state index contributed by atoms with van der Waals surface area (Å²) in [5.74, 6) is 1.90. The molecule has 6 nitrogen and oxygen atoms in total. The molecule has 0 aromatic carbocycles. The fourth-order valence-corrected chi connectivity index (χ4v) is 4.04. The molecule has 2 saturated heterocycles. The Morgan fingerprint density at radius 2 is 1.88 bits per heavy atom. The first kappa shape index (κ1) is 16.8. The molecule has 0 unspecified atom stereocenters. The maximum Gasteiger partial charge on any atom is 0.142 e. The van der Waals surface area contributed by atoms with E-state index < -0.39 is 0 Å². The number of anilines is 2. The molecular formula is C20H23N5O. The van der Waals surface area contributed by atoms with Crippen molar-refractivity contribution in [2.45, 2.75) is 12.8 Å². The first-order valence-electron chi connectivity index (χ1n) is 9.14. The zero-order chi connectivity index (χ0) is 17.8. The van der Waals surface area contributed by atoms with Crippen LogP contribution >= 0.6 is 0 Å². The summed E-state index contributed by atoms with van der Waals surface area (Å²) < 4.78 is 6.00. The highest BCUT2D eigenvalue weighted by molar-refractivity contribution is 5.43. The molecule has 0 aliphatic carbocycles. The van der Waals surface area contributed by atoms with Crippen LogP contribution in [0, 0.1) is 16.7 Å². The van der Waals surface area contributed by atoms with E-state index in [0.29, 0.717) is 12.3 Å². The third-order valence-electron chi connectivity index (χ3n) is 5.25. The minimum Gasteiger partial charge on any atom is -0.379 e. The van der Waals surface area contributed by atoms with Crippen LogP contribution in [0.3, 0.4) is 0 Å². The lowest BCUT2D eigenvalue weighted by Gasteiger charge is -2.44. The lowest BCUT2D eigenvalue weighted by atomic mass is 9.80. The van der Waals surface area contributed by atoms with Crippen LogP contribution in [0.1, 0.15) is 18.5 Å². The molecule has 2 aromatic rings. The maximum atomic E-state index is 9.15. The average molecular weight is 349 g/mol. The van der Waals surface area contributed by atoms with Crippen molar-refractivity contribution in [1.82, 2.24) is 9.97 Å². The van der Waals surface area contributed by atoms with E-state index in [2.05, 4.69) is 31.9 Å². The van der Waals surface area contributed by atoms with E-state index >= 15 is 0 Å². The average Bonchev–Trinajstić information content (AvgIpc) is 2.91. The van der Waals surface area contributed by atoms with Crippen LogP contribution in [0.15, 0.2) is 42.6 Å². The third-order valence-corrected chi connectivity index (χ3v) is 5.25. The Morgan fingerprint density at radius 3 is 2.69 bits per heavy atom.